The highest BCUT2D eigenvalue weighted by Gasteiger charge is 2.30. The number of benzene rings is 1. The summed E-state index contributed by atoms with van der Waals surface area (Å²) in [6.45, 7) is 6.22. The number of likely N-dealkylation sites (tertiary alicyclic amines) is 1. The molecule has 1 aliphatic heterocycles. The summed E-state index contributed by atoms with van der Waals surface area (Å²) in [5, 5.41) is 0. The smallest absolute Gasteiger partial charge is 0.410 e. The Labute approximate surface area is 114 Å². The van der Waals surface area contributed by atoms with E-state index in [2.05, 4.69) is 13.5 Å². The Hall–Kier alpha value is -1.77. The summed E-state index contributed by atoms with van der Waals surface area (Å²) in [7, 11) is 0. The molecular weight excluding hydrogens is 238 g/mol. The van der Waals surface area contributed by atoms with Crippen molar-refractivity contribution in [1.29, 1.82) is 0 Å². The average Bonchev–Trinajstić information content (AvgIpc) is 2.45. The number of amides is 1. The predicted molar refractivity (Wildman–Crippen MR) is 75.8 cm³/mol. The Morgan fingerprint density at radius 2 is 2.16 bits per heavy atom. The summed E-state index contributed by atoms with van der Waals surface area (Å²) in [5.41, 5.74) is 1.01. The van der Waals surface area contributed by atoms with Crippen LogP contribution in [0.15, 0.2) is 43.0 Å². The van der Waals surface area contributed by atoms with Crippen molar-refractivity contribution in [3.63, 3.8) is 0 Å². The first-order valence-corrected chi connectivity index (χ1v) is 6.84. The van der Waals surface area contributed by atoms with Gasteiger partial charge in [-0.1, -0.05) is 36.4 Å². The second kappa shape index (κ2) is 6.41. The van der Waals surface area contributed by atoms with Gasteiger partial charge in [0.2, 0.25) is 0 Å². The summed E-state index contributed by atoms with van der Waals surface area (Å²) in [4.78, 5) is 14.0. The lowest BCUT2D eigenvalue weighted by Gasteiger charge is -2.38. The van der Waals surface area contributed by atoms with Gasteiger partial charge in [-0.3, -0.25) is 4.90 Å². The maximum atomic E-state index is 12.2. The van der Waals surface area contributed by atoms with Gasteiger partial charge in [-0.2, -0.15) is 0 Å². The highest BCUT2D eigenvalue weighted by atomic mass is 16.6. The van der Waals surface area contributed by atoms with Crippen LogP contribution in [0.5, 0.6) is 0 Å². The molecule has 0 bridgehead atoms. The topological polar surface area (TPSA) is 29.5 Å². The standard InChI is InChI=1S/C16H21NO2/c1-3-15-11-7-8-13(2)17(15)16(18)19-12-14-9-5-4-6-10-14/h3-6,9-10,13,15H,1,7-8,11-12H2,2H3/t13-,15+/m1/s1. The lowest BCUT2D eigenvalue weighted by molar-refractivity contribution is 0.0574. The van der Waals surface area contributed by atoms with Gasteiger partial charge in [-0.05, 0) is 31.7 Å². The fourth-order valence-electron chi connectivity index (χ4n) is 2.57. The number of ether oxygens (including phenoxy) is 1. The highest BCUT2D eigenvalue weighted by molar-refractivity contribution is 5.69. The maximum absolute atomic E-state index is 12.2. The molecule has 3 nitrogen and oxygen atoms in total. The van der Waals surface area contributed by atoms with E-state index in [1.807, 2.05) is 41.3 Å². The summed E-state index contributed by atoms with van der Waals surface area (Å²) in [6, 6.07) is 10.1. The van der Waals surface area contributed by atoms with Gasteiger partial charge in [0, 0.05) is 6.04 Å². The third-order valence-corrected chi connectivity index (χ3v) is 3.64. The van der Waals surface area contributed by atoms with Crippen LogP contribution in [0.25, 0.3) is 0 Å². The number of hydrogen-bond donors (Lipinski definition) is 0. The molecule has 1 aromatic carbocycles. The van der Waals surface area contributed by atoms with Gasteiger partial charge in [0.25, 0.3) is 0 Å². The van der Waals surface area contributed by atoms with Gasteiger partial charge in [-0.25, -0.2) is 4.79 Å². The molecular formula is C16H21NO2. The van der Waals surface area contributed by atoms with E-state index in [1.54, 1.807) is 0 Å². The third-order valence-electron chi connectivity index (χ3n) is 3.64. The van der Waals surface area contributed by atoms with Crippen molar-refractivity contribution in [3.05, 3.63) is 48.6 Å². The van der Waals surface area contributed by atoms with Crippen molar-refractivity contribution < 1.29 is 9.53 Å². The van der Waals surface area contributed by atoms with Crippen LogP contribution in [-0.4, -0.2) is 23.1 Å². The van der Waals surface area contributed by atoms with Gasteiger partial charge in [0.1, 0.15) is 6.61 Å². The Morgan fingerprint density at radius 3 is 2.84 bits per heavy atom. The molecule has 1 saturated heterocycles. The molecule has 19 heavy (non-hydrogen) atoms. The number of carbonyl (C=O) groups is 1. The average molecular weight is 259 g/mol. The number of rotatable bonds is 3. The molecule has 2 rings (SSSR count). The molecule has 1 heterocycles. The van der Waals surface area contributed by atoms with Crippen LogP contribution in [0.2, 0.25) is 0 Å². The number of hydrogen-bond acceptors (Lipinski definition) is 2. The molecule has 1 aromatic rings. The SMILES string of the molecule is C=C[C@H]1CCC[C@@H](C)N1C(=O)OCc1ccccc1. The molecule has 0 saturated carbocycles. The fourth-order valence-corrected chi connectivity index (χ4v) is 2.57. The van der Waals surface area contributed by atoms with Gasteiger partial charge in [-0.15, -0.1) is 6.58 Å². The molecule has 2 atom stereocenters. The molecule has 0 aliphatic carbocycles. The monoisotopic (exact) mass is 259 g/mol. The molecule has 0 aromatic heterocycles. The van der Waals surface area contributed by atoms with E-state index in [1.165, 1.54) is 0 Å². The summed E-state index contributed by atoms with van der Waals surface area (Å²) in [5.74, 6) is 0. The van der Waals surface area contributed by atoms with Crippen molar-refractivity contribution in [1.82, 2.24) is 4.90 Å². The molecule has 102 valence electrons. The van der Waals surface area contributed by atoms with Crippen LogP contribution >= 0.6 is 0 Å². The lowest BCUT2D eigenvalue weighted by atomic mass is 9.97. The zero-order valence-corrected chi connectivity index (χ0v) is 11.4. The number of carbonyl (C=O) groups excluding carboxylic acids is 1. The second-order valence-electron chi connectivity index (χ2n) is 5.03. The largest absolute Gasteiger partial charge is 0.445 e. The minimum absolute atomic E-state index is 0.104. The summed E-state index contributed by atoms with van der Waals surface area (Å²) >= 11 is 0. The molecule has 3 heteroatoms. The van der Waals surface area contributed by atoms with Crippen LogP contribution in [0.1, 0.15) is 31.7 Å². The van der Waals surface area contributed by atoms with Gasteiger partial charge in [0.05, 0.1) is 6.04 Å². The first kappa shape index (κ1) is 13.7. The first-order valence-electron chi connectivity index (χ1n) is 6.84. The fraction of sp³-hybridized carbons (Fsp3) is 0.438. The van der Waals surface area contributed by atoms with E-state index in [4.69, 9.17) is 4.74 Å². The molecule has 1 fully saturated rings. The van der Waals surface area contributed by atoms with E-state index >= 15 is 0 Å². The van der Waals surface area contributed by atoms with Crippen molar-refractivity contribution >= 4 is 6.09 Å². The maximum Gasteiger partial charge on any atom is 0.410 e. The van der Waals surface area contributed by atoms with Crippen molar-refractivity contribution in [2.75, 3.05) is 0 Å². The molecule has 0 spiro atoms. The van der Waals surface area contributed by atoms with Crippen LogP contribution in [0.3, 0.4) is 0 Å². The van der Waals surface area contributed by atoms with Gasteiger partial charge in [0.15, 0.2) is 0 Å². The molecule has 0 unspecified atom stereocenters. The minimum atomic E-state index is -0.235. The Morgan fingerprint density at radius 1 is 1.42 bits per heavy atom. The van der Waals surface area contributed by atoms with E-state index in [0.29, 0.717) is 6.61 Å². The van der Waals surface area contributed by atoms with Crippen molar-refractivity contribution in [2.24, 2.45) is 0 Å². The minimum Gasteiger partial charge on any atom is -0.445 e. The molecule has 1 amide bonds. The quantitative estimate of drug-likeness (QED) is 0.774. The number of nitrogens with zero attached hydrogens (tertiary/aromatic N) is 1. The van der Waals surface area contributed by atoms with Gasteiger partial charge >= 0.3 is 6.09 Å². The molecule has 1 aliphatic rings. The van der Waals surface area contributed by atoms with Crippen LogP contribution in [0.4, 0.5) is 4.79 Å². The Bertz CT molecular complexity index is 430. The van der Waals surface area contributed by atoms with Gasteiger partial charge < -0.3 is 4.74 Å². The van der Waals surface area contributed by atoms with E-state index < -0.39 is 0 Å². The second-order valence-corrected chi connectivity index (χ2v) is 5.03. The molecule has 0 radical (unpaired) electrons. The summed E-state index contributed by atoms with van der Waals surface area (Å²) < 4.78 is 5.41. The van der Waals surface area contributed by atoms with Crippen molar-refractivity contribution in [2.45, 2.75) is 44.9 Å². The Balaban J connectivity index is 1.96. The summed E-state index contributed by atoms with van der Waals surface area (Å²) in [6.07, 6.45) is 4.76. The zero-order chi connectivity index (χ0) is 13.7. The lowest BCUT2D eigenvalue weighted by Crippen LogP contribution is -2.48. The van der Waals surface area contributed by atoms with Crippen LogP contribution in [-0.2, 0) is 11.3 Å². The first-order chi connectivity index (χ1) is 9.22. The van der Waals surface area contributed by atoms with Crippen LogP contribution < -0.4 is 0 Å². The molecule has 0 N–H and O–H groups in total. The van der Waals surface area contributed by atoms with E-state index in [0.717, 1.165) is 24.8 Å². The van der Waals surface area contributed by atoms with E-state index in [9.17, 15) is 4.79 Å². The zero-order valence-electron chi connectivity index (χ0n) is 11.4. The van der Waals surface area contributed by atoms with Crippen LogP contribution in [0, 0.1) is 0 Å². The predicted octanol–water partition coefficient (Wildman–Crippen LogP) is 3.75. The Kier molecular flexibility index (Phi) is 4.61. The third kappa shape index (κ3) is 3.37. The van der Waals surface area contributed by atoms with E-state index in [-0.39, 0.29) is 18.2 Å². The normalized spacial score (nSPS) is 22.9. The van der Waals surface area contributed by atoms with Crippen molar-refractivity contribution in [3.8, 4) is 0 Å². The number of piperidine rings is 1. The highest BCUT2D eigenvalue weighted by Crippen LogP contribution is 2.24.